The molecule has 1 aliphatic rings. The summed E-state index contributed by atoms with van der Waals surface area (Å²) in [6, 6.07) is 16.4. The Labute approximate surface area is 117 Å². The smallest absolute Gasteiger partial charge is 0.0983 e. The van der Waals surface area contributed by atoms with Gasteiger partial charge in [-0.05, 0) is 28.1 Å². The van der Waals surface area contributed by atoms with Crippen LogP contribution in [0.2, 0.25) is 0 Å². The summed E-state index contributed by atoms with van der Waals surface area (Å²) in [4.78, 5) is 4.21. The molecule has 0 amide bonds. The summed E-state index contributed by atoms with van der Waals surface area (Å²) in [5.74, 6) is 0. The summed E-state index contributed by atoms with van der Waals surface area (Å²) in [7, 11) is 0. The van der Waals surface area contributed by atoms with E-state index in [9.17, 15) is 5.11 Å². The third-order valence-corrected chi connectivity index (χ3v) is 4.27. The molecule has 0 saturated carbocycles. The average molecular weight is 261 g/mol. The predicted molar refractivity (Wildman–Crippen MR) is 79.5 cm³/mol. The van der Waals surface area contributed by atoms with E-state index >= 15 is 0 Å². The lowest BCUT2D eigenvalue weighted by atomic mass is 9.87. The summed E-state index contributed by atoms with van der Waals surface area (Å²) in [5.41, 5.74) is 2.66. The van der Waals surface area contributed by atoms with Crippen molar-refractivity contribution >= 4 is 10.8 Å². The second-order valence-corrected chi connectivity index (χ2v) is 5.56. The van der Waals surface area contributed by atoms with Gasteiger partial charge < -0.3 is 5.11 Å². The quantitative estimate of drug-likeness (QED) is 0.729. The second kappa shape index (κ2) is 4.15. The third-order valence-electron chi connectivity index (χ3n) is 4.27. The molecule has 0 radical (unpaired) electrons. The monoisotopic (exact) mass is 261 g/mol. The summed E-state index contributed by atoms with van der Waals surface area (Å²) in [6.07, 6.45) is 5.00. The highest BCUT2D eigenvalue weighted by Gasteiger charge is 2.37. The van der Waals surface area contributed by atoms with Crippen LogP contribution in [-0.4, -0.2) is 10.1 Å². The normalized spacial score (nSPS) is 16.2. The first-order valence-corrected chi connectivity index (χ1v) is 6.89. The maximum atomic E-state index is 11.2. The summed E-state index contributed by atoms with van der Waals surface area (Å²) in [5, 5.41) is 13.3. The Bertz CT molecular complexity index is 764. The topological polar surface area (TPSA) is 33.1 Å². The van der Waals surface area contributed by atoms with Gasteiger partial charge in [-0.15, -0.1) is 0 Å². The Morgan fingerprint density at radius 1 is 0.900 bits per heavy atom. The van der Waals surface area contributed by atoms with Gasteiger partial charge >= 0.3 is 0 Å². The number of rotatable bonds is 1. The van der Waals surface area contributed by atoms with Crippen molar-refractivity contribution in [2.75, 3.05) is 0 Å². The van der Waals surface area contributed by atoms with Gasteiger partial charge in [0.2, 0.25) is 0 Å². The van der Waals surface area contributed by atoms with Crippen LogP contribution in [0, 0.1) is 0 Å². The molecule has 0 bridgehead atoms. The van der Waals surface area contributed by atoms with Crippen LogP contribution in [0.25, 0.3) is 10.8 Å². The van der Waals surface area contributed by atoms with E-state index in [1.54, 1.807) is 6.20 Å². The number of aromatic nitrogens is 1. The highest BCUT2D eigenvalue weighted by atomic mass is 16.3. The number of fused-ring (bicyclic) bond motifs is 2. The first-order chi connectivity index (χ1) is 9.76. The summed E-state index contributed by atoms with van der Waals surface area (Å²) in [6.45, 7) is 0. The van der Waals surface area contributed by atoms with E-state index in [-0.39, 0.29) is 0 Å². The molecular formula is C18H15NO. The van der Waals surface area contributed by atoms with E-state index in [4.69, 9.17) is 0 Å². The standard InChI is InChI=1S/C18H15NO/c20-18(10-14-4-1-2-5-15(14)11-18)17-7-3-6-13-8-9-19-12-16(13)17/h1-9,12,20H,10-11H2. The zero-order valence-electron chi connectivity index (χ0n) is 11.1. The van der Waals surface area contributed by atoms with Gasteiger partial charge in [-0.3, -0.25) is 4.98 Å². The SMILES string of the molecule is OC1(c2cccc3ccncc23)Cc2ccccc2C1. The van der Waals surface area contributed by atoms with Gasteiger partial charge in [0.05, 0.1) is 5.60 Å². The van der Waals surface area contributed by atoms with E-state index in [0.717, 1.165) is 16.3 Å². The fraction of sp³-hybridized carbons (Fsp3) is 0.167. The minimum absolute atomic E-state index is 0.678. The molecule has 98 valence electrons. The zero-order chi connectivity index (χ0) is 13.6. The zero-order valence-corrected chi connectivity index (χ0v) is 11.1. The Kier molecular flexibility index (Phi) is 2.41. The average Bonchev–Trinajstić information content (AvgIpc) is 2.84. The van der Waals surface area contributed by atoms with Gasteiger partial charge in [0.15, 0.2) is 0 Å². The molecule has 0 spiro atoms. The van der Waals surface area contributed by atoms with Gasteiger partial charge in [0, 0.05) is 30.6 Å². The number of hydrogen-bond donors (Lipinski definition) is 1. The van der Waals surface area contributed by atoms with E-state index in [1.807, 2.05) is 36.5 Å². The fourth-order valence-electron chi connectivity index (χ4n) is 3.30. The molecule has 1 aliphatic carbocycles. The molecule has 1 aromatic heterocycles. The molecule has 2 heteroatoms. The van der Waals surface area contributed by atoms with Crippen molar-refractivity contribution in [3.8, 4) is 0 Å². The largest absolute Gasteiger partial charge is 0.384 e. The molecule has 2 aromatic carbocycles. The van der Waals surface area contributed by atoms with E-state index in [2.05, 4.69) is 23.2 Å². The lowest BCUT2D eigenvalue weighted by molar-refractivity contribution is 0.0497. The van der Waals surface area contributed by atoms with Crippen LogP contribution in [-0.2, 0) is 18.4 Å². The fourth-order valence-corrected chi connectivity index (χ4v) is 3.30. The van der Waals surface area contributed by atoms with Crippen molar-refractivity contribution in [1.29, 1.82) is 0 Å². The van der Waals surface area contributed by atoms with Gasteiger partial charge in [-0.2, -0.15) is 0 Å². The van der Waals surface area contributed by atoms with E-state index in [0.29, 0.717) is 12.8 Å². The molecule has 0 fully saturated rings. The van der Waals surface area contributed by atoms with Crippen molar-refractivity contribution in [2.45, 2.75) is 18.4 Å². The molecular weight excluding hydrogens is 246 g/mol. The number of benzene rings is 2. The Hall–Kier alpha value is -2.19. The maximum Gasteiger partial charge on any atom is 0.0983 e. The van der Waals surface area contributed by atoms with Crippen molar-refractivity contribution in [1.82, 2.24) is 4.98 Å². The number of pyridine rings is 1. The van der Waals surface area contributed by atoms with Crippen LogP contribution in [0.15, 0.2) is 60.9 Å². The lowest BCUT2D eigenvalue weighted by Gasteiger charge is -2.24. The summed E-state index contributed by atoms with van der Waals surface area (Å²) >= 11 is 0. The predicted octanol–water partition coefficient (Wildman–Crippen LogP) is 3.22. The molecule has 0 unspecified atom stereocenters. The minimum Gasteiger partial charge on any atom is -0.384 e. The molecule has 3 aromatic rings. The molecule has 1 N–H and O–H groups in total. The Balaban J connectivity index is 1.89. The van der Waals surface area contributed by atoms with Gasteiger partial charge in [-0.25, -0.2) is 0 Å². The lowest BCUT2D eigenvalue weighted by Crippen LogP contribution is -2.26. The van der Waals surface area contributed by atoms with E-state index < -0.39 is 5.60 Å². The molecule has 0 aliphatic heterocycles. The highest BCUT2D eigenvalue weighted by Crippen LogP contribution is 2.40. The third kappa shape index (κ3) is 1.65. The molecule has 0 saturated heterocycles. The Morgan fingerprint density at radius 2 is 1.65 bits per heavy atom. The number of aliphatic hydroxyl groups is 1. The maximum absolute atomic E-state index is 11.2. The molecule has 1 heterocycles. The van der Waals surface area contributed by atoms with Crippen LogP contribution in [0.1, 0.15) is 16.7 Å². The molecule has 2 nitrogen and oxygen atoms in total. The first kappa shape index (κ1) is 11.6. The first-order valence-electron chi connectivity index (χ1n) is 6.89. The molecule has 4 rings (SSSR count). The van der Waals surface area contributed by atoms with E-state index in [1.165, 1.54) is 11.1 Å². The highest BCUT2D eigenvalue weighted by molar-refractivity contribution is 5.85. The molecule has 0 atom stereocenters. The summed E-state index contributed by atoms with van der Waals surface area (Å²) < 4.78 is 0. The van der Waals surface area contributed by atoms with Crippen molar-refractivity contribution in [3.63, 3.8) is 0 Å². The van der Waals surface area contributed by atoms with Crippen molar-refractivity contribution in [3.05, 3.63) is 77.6 Å². The molecule has 20 heavy (non-hydrogen) atoms. The Morgan fingerprint density at radius 3 is 2.40 bits per heavy atom. The van der Waals surface area contributed by atoms with Crippen molar-refractivity contribution < 1.29 is 5.11 Å². The van der Waals surface area contributed by atoms with Gasteiger partial charge in [0.25, 0.3) is 0 Å². The van der Waals surface area contributed by atoms with Crippen LogP contribution in [0.4, 0.5) is 0 Å². The van der Waals surface area contributed by atoms with Crippen LogP contribution < -0.4 is 0 Å². The van der Waals surface area contributed by atoms with Crippen LogP contribution in [0.5, 0.6) is 0 Å². The second-order valence-electron chi connectivity index (χ2n) is 5.56. The van der Waals surface area contributed by atoms with Crippen LogP contribution >= 0.6 is 0 Å². The van der Waals surface area contributed by atoms with Gasteiger partial charge in [-0.1, -0.05) is 42.5 Å². The number of hydrogen-bond acceptors (Lipinski definition) is 2. The van der Waals surface area contributed by atoms with Gasteiger partial charge in [0.1, 0.15) is 0 Å². The van der Waals surface area contributed by atoms with Crippen LogP contribution in [0.3, 0.4) is 0 Å². The number of nitrogens with zero attached hydrogens (tertiary/aromatic N) is 1. The minimum atomic E-state index is -0.813. The van der Waals surface area contributed by atoms with Crippen molar-refractivity contribution in [2.24, 2.45) is 0 Å².